The van der Waals surface area contributed by atoms with E-state index in [-0.39, 0.29) is 12.9 Å². The van der Waals surface area contributed by atoms with Crippen LogP contribution in [0.5, 0.6) is 0 Å². The maximum absolute atomic E-state index is 9.79. The minimum absolute atomic E-state index is 0.0906. The lowest BCUT2D eigenvalue weighted by Gasteiger charge is -1.87. The number of aliphatic hydroxyl groups excluding tert-OH is 1. The third-order valence-corrected chi connectivity index (χ3v) is 0.799. The van der Waals surface area contributed by atoms with Gasteiger partial charge in [-0.1, -0.05) is 6.32 Å². The van der Waals surface area contributed by atoms with Gasteiger partial charge >= 0.3 is 0 Å². The largest absolute Gasteiger partial charge is 0.482 e. The topological polar surface area (TPSA) is 57.5 Å². The Labute approximate surface area is 48.6 Å². The van der Waals surface area contributed by atoms with Gasteiger partial charge in [0, 0.05) is 12.9 Å². The van der Waals surface area contributed by atoms with Crippen molar-refractivity contribution in [1.82, 2.24) is 0 Å². The molecule has 0 unspecified atom stereocenters. The first-order valence-corrected chi connectivity index (χ1v) is 2.60. The number of carbonyl (C=O) groups is 1. The fourth-order valence-electron chi connectivity index (χ4n) is 0.388. The van der Waals surface area contributed by atoms with E-state index in [0.29, 0.717) is 13.6 Å². The molecule has 0 amide bonds. The van der Waals surface area contributed by atoms with E-state index >= 15 is 0 Å². The van der Waals surface area contributed by atoms with E-state index < -0.39 is 5.97 Å². The maximum atomic E-state index is 9.79. The van der Waals surface area contributed by atoms with Crippen LogP contribution < -0.4 is 0 Å². The van der Waals surface area contributed by atoms with Gasteiger partial charge in [0.2, 0.25) is 0 Å². The molecule has 0 saturated heterocycles. The summed E-state index contributed by atoms with van der Waals surface area (Å²) < 4.78 is 0. The van der Waals surface area contributed by atoms with Crippen molar-refractivity contribution in [1.29, 1.82) is 0 Å². The lowest BCUT2D eigenvalue weighted by molar-refractivity contribution is -0.134. The monoisotopic (exact) mass is 116 g/mol. The van der Waals surface area contributed by atoms with Crippen molar-refractivity contribution in [2.75, 3.05) is 6.61 Å². The van der Waals surface area contributed by atoms with Crippen molar-refractivity contribution in [3.8, 4) is 0 Å². The van der Waals surface area contributed by atoms with Gasteiger partial charge in [0.15, 0.2) is 0 Å². The second-order valence-corrected chi connectivity index (χ2v) is 1.57. The fraction of sp³-hybridized carbons (Fsp3) is 0.750. The number of carboxylic acids is 1. The van der Waals surface area contributed by atoms with E-state index in [9.17, 15) is 4.79 Å². The lowest BCUT2D eigenvalue weighted by Crippen LogP contribution is -2.01. The smallest absolute Gasteiger partial charge is 0.295 e. The first kappa shape index (κ1) is 7.49. The van der Waals surface area contributed by atoms with Gasteiger partial charge in [0.25, 0.3) is 5.97 Å². The molecular weight excluding hydrogens is 107 g/mol. The zero-order chi connectivity index (χ0) is 6.41. The van der Waals surface area contributed by atoms with Crippen LogP contribution in [-0.4, -0.2) is 30.1 Å². The number of aliphatic carboxylic acids is 1. The summed E-state index contributed by atoms with van der Waals surface area (Å²) in [7, 11) is 0.575. The van der Waals surface area contributed by atoms with Crippen LogP contribution in [0.4, 0.5) is 0 Å². The van der Waals surface area contributed by atoms with Crippen LogP contribution in [0, 0.1) is 0 Å². The van der Waals surface area contributed by atoms with Crippen molar-refractivity contribution in [2.24, 2.45) is 0 Å². The molecule has 4 heteroatoms. The predicted molar refractivity (Wildman–Crippen MR) is 31.5 cm³/mol. The first-order chi connectivity index (χ1) is 3.77. The average Bonchev–Trinajstić information content (AvgIpc) is 1.66. The van der Waals surface area contributed by atoms with E-state index in [2.05, 4.69) is 0 Å². The molecule has 0 aromatic rings. The van der Waals surface area contributed by atoms with Crippen LogP contribution in [0.15, 0.2) is 0 Å². The average molecular weight is 116 g/mol. The zero-order valence-electron chi connectivity index (χ0n) is 4.63. The number of hydrogen-bond acceptors (Lipinski definition) is 2. The van der Waals surface area contributed by atoms with Gasteiger partial charge in [-0.2, -0.15) is 0 Å². The molecule has 0 aromatic carbocycles. The van der Waals surface area contributed by atoms with E-state index in [4.69, 9.17) is 10.2 Å². The molecule has 0 fully saturated rings. The molecule has 46 valence electrons. The van der Waals surface area contributed by atoms with Gasteiger partial charge < -0.3 is 10.2 Å². The second-order valence-electron chi connectivity index (χ2n) is 1.57. The molecule has 0 aliphatic carbocycles. The summed E-state index contributed by atoms with van der Waals surface area (Å²) in [6.45, 7) is 0.0906. The summed E-state index contributed by atoms with van der Waals surface area (Å²) in [5.41, 5.74) is 0. The van der Waals surface area contributed by atoms with E-state index in [1.807, 2.05) is 0 Å². The summed E-state index contributed by atoms with van der Waals surface area (Å²) in [5, 5.41) is 16.2. The van der Waals surface area contributed by atoms with Gasteiger partial charge in [-0.15, -0.1) is 0 Å². The van der Waals surface area contributed by atoms with Gasteiger partial charge in [-0.25, -0.2) is 0 Å². The van der Waals surface area contributed by atoms with Crippen LogP contribution in [-0.2, 0) is 4.79 Å². The Morgan fingerprint density at radius 1 is 1.62 bits per heavy atom. The molecule has 0 radical (unpaired) electrons. The Hall–Kier alpha value is -0.505. The highest BCUT2D eigenvalue weighted by molar-refractivity contribution is 6.40. The summed E-state index contributed by atoms with van der Waals surface area (Å²) in [5.74, 6) is -0.793. The zero-order valence-corrected chi connectivity index (χ0v) is 4.63. The Morgan fingerprint density at radius 2 is 2.25 bits per heavy atom. The lowest BCUT2D eigenvalue weighted by atomic mass is 9.71. The SMILES string of the molecule is O=C(O)CBCCO. The Balaban J connectivity index is 2.82. The molecule has 0 aromatic heterocycles. The molecule has 0 atom stereocenters. The van der Waals surface area contributed by atoms with Crippen molar-refractivity contribution < 1.29 is 15.0 Å². The highest BCUT2D eigenvalue weighted by atomic mass is 16.4. The molecular formula is C4H9BO3. The Kier molecular flexibility index (Phi) is 4.36. The Morgan fingerprint density at radius 3 is 2.62 bits per heavy atom. The third-order valence-electron chi connectivity index (χ3n) is 0.799. The number of aliphatic hydroxyl groups is 1. The van der Waals surface area contributed by atoms with Gasteiger partial charge in [0.1, 0.15) is 7.28 Å². The standard InChI is InChI=1S/C4H9BO3/c6-2-1-5-3-4(7)8/h5-6H,1-3H2,(H,7,8). The van der Waals surface area contributed by atoms with Crippen molar-refractivity contribution in [2.45, 2.75) is 12.6 Å². The van der Waals surface area contributed by atoms with Crippen molar-refractivity contribution >= 4 is 13.2 Å². The van der Waals surface area contributed by atoms with E-state index in [0.717, 1.165) is 0 Å². The maximum Gasteiger partial charge on any atom is 0.295 e. The quantitative estimate of drug-likeness (QED) is 0.378. The molecule has 3 nitrogen and oxygen atoms in total. The molecule has 8 heavy (non-hydrogen) atoms. The summed E-state index contributed by atoms with van der Waals surface area (Å²) >= 11 is 0. The van der Waals surface area contributed by atoms with Crippen molar-refractivity contribution in [3.63, 3.8) is 0 Å². The highest BCUT2D eigenvalue weighted by Gasteiger charge is 1.95. The van der Waals surface area contributed by atoms with Crippen LogP contribution in [0.25, 0.3) is 0 Å². The fourth-order valence-corrected chi connectivity index (χ4v) is 0.388. The summed E-state index contributed by atoms with van der Waals surface area (Å²) in [6.07, 6.45) is 0.757. The summed E-state index contributed by atoms with van der Waals surface area (Å²) in [6, 6.07) is 0. The second kappa shape index (κ2) is 4.65. The molecule has 0 spiro atoms. The molecule has 0 aliphatic rings. The van der Waals surface area contributed by atoms with E-state index in [1.54, 1.807) is 0 Å². The van der Waals surface area contributed by atoms with Gasteiger partial charge in [-0.05, 0) is 0 Å². The minimum atomic E-state index is -0.793. The molecule has 0 rings (SSSR count). The van der Waals surface area contributed by atoms with Crippen LogP contribution in [0.3, 0.4) is 0 Å². The predicted octanol–water partition coefficient (Wildman–Crippen LogP) is -0.664. The number of hydrogen-bond donors (Lipinski definition) is 2. The normalized spacial score (nSPS) is 8.62. The first-order valence-electron chi connectivity index (χ1n) is 2.60. The van der Waals surface area contributed by atoms with Crippen LogP contribution in [0.2, 0.25) is 12.6 Å². The minimum Gasteiger partial charge on any atom is -0.482 e. The number of rotatable bonds is 4. The van der Waals surface area contributed by atoms with Crippen molar-refractivity contribution in [3.05, 3.63) is 0 Å². The van der Waals surface area contributed by atoms with Gasteiger partial charge in [-0.3, -0.25) is 4.79 Å². The van der Waals surface area contributed by atoms with E-state index in [1.165, 1.54) is 0 Å². The van der Waals surface area contributed by atoms with Crippen LogP contribution in [0.1, 0.15) is 0 Å². The van der Waals surface area contributed by atoms with Crippen LogP contribution >= 0.6 is 0 Å². The third kappa shape index (κ3) is 5.49. The molecule has 0 aliphatic heterocycles. The summed E-state index contributed by atoms with van der Waals surface area (Å²) in [4.78, 5) is 9.79. The molecule has 2 N–H and O–H groups in total. The Bertz CT molecular complexity index is 73.7. The van der Waals surface area contributed by atoms with Gasteiger partial charge in [0.05, 0.1) is 0 Å². The number of carboxylic acid groups (broad SMARTS) is 1. The molecule has 0 saturated carbocycles. The molecule has 0 bridgehead atoms. The molecule has 0 heterocycles. The highest BCUT2D eigenvalue weighted by Crippen LogP contribution is 1.82.